The molecule has 1 rings (SSSR count). The average Bonchev–Trinajstić information content (AvgIpc) is 2.08. The van der Waals surface area contributed by atoms with Crippen molar-refractivity contribution < 1.29 is 4.74 Å². The van der Waals surface area contributed by atoms with E-state index in [9.17, 15) is 0 Å². The molecule has 0 heterocycles. The molecule has 0 radical (unpaired) electrons. The van der Waals surface area contributed by atoms with E-state index in [0.29, 0.717) is 0 Å². The molecule has 0 aliphatic heterocycles. The van der Waals surface area contributed by atoms with Gasteiger partial charge in [0.2, 0.25) is 0 Å². The molecule has 0 aliphatic carbocycles. The highest BCUT2D eigenvalue weighted by molar-refractivity contribution is 9.10. The maximum absolute atomic E-state index is 5.19. The zero-order valence-corrected chi connectivity index (χ0v) is 8.81. The Morgan fingerprint density at radius 2 is 2.25 bits per heavy atom. The van der Waals surface area contributed by atoms with Crippen LogP contribution in [0.2, 0.25) is 0 Å². The molecule has 0 spiro atoms. The highest BCUT2D eigenvalue weighted by atomic mass is 79.9. The van der Waals surface area contributed by atoms with E-state index < -0.39 is 0 Å². The minimum atomic E-state index is 0.867. The number of benzene rings is 1. The van der Waals surface area contributed by atoms with Crippen LogP contribution in [0.1, 0.15) is 6.92 Å². The first-order chi connectivity index (χ1) is 5.77. The van der Waals surface area contributed by atoms with Crippen LogP contribution in [0.5, 0.6) is 5.75 Å². The summed E-state index contributed by atoms with van der Waals surface area (Å²) in [6, 6.07) is 5.92. The smallest absolute Gasteiger partial charge is 0.143 e. The van der Waals surface area contributed by atoms with Crippen LogP contribution in [0.15, 0.2) is 22.7 Å². The third-order valence-corrected chi connectivity index (χ3v) is 2.02. The fourth-order valence-corrected chi connectivity index (χ4v) is 1.34. The molecule has 0 aliphatic rings. The standard InChI is InChI=1S/C9H12BrNO/c1-3-11-8-5-4-7(10)6-9(8)12-2/h4-6,11H,3H2,1-2H3. The highest BCUT2D eigenvalue weighted by Crippen LogP contribution is 2.27. The molecule has 0 unspecified atom stereocenters. The summed E-state index contributed by atoms with van der Waals surface area (Å²) in [4.78, 5) is 0. The third-order valence-electron chi connectivity index (χ3n) is 1.53. The predicted octanol–water partition coefficient (Wildman–Crippen LogP) is 2.89. The zero-order chi connectivity index (χ0) is 8.97. The Morgan fingerprint density at radius 3 is 2.83 bits per heavy atom. The van der Waals surface area contributed by atoms with E-state index in [0.717, 1.165) is 22.5 Å². The molecule has 0 aromatic heterocycles. The van der Waals surface area contributed by atoms with E-state index in [1.165, 1.54) is 0 Å². The summed E-state index contributed by atoms with van der Waals surface area (Å²) in [5.74, 6) is 0.867. The maximum Gasteiger partial charge on any atom is 0.143 e. The number of hydrogen-bond donors (Lipinski definition) is 1. The second kappa shape index (κ2) is 4.36. The second-order valence-electron chi connectivity index (χ2n) is 2.37. The molecule has 1 N–H and O–H groups in total. The van der Waals surface area contributed by atoms with Gasteiger partial charge in [-0.2, -0.15) is 0 Å². The Labute approximate surface area is 81.1 Å². The van der Waals surface area contributed by atoms with Gasteiger partial charge in [-0.3, -0.25) is 0 Å². The first-order valence-electron chi connectivity index (χ1n) is 3.85. The van der Waals surface area contributed by atoms with Crippen LogP contribution in [0.3, 0.4) is 0 Å². The predicted molar refractivity (Wildman–Crippen MR) is 54.9 cm³/mol. The van der Waals surface area contributed by atoms with Gasteiger partial charge in [0.05, 0.1) is 12.8 Å². The van der Waals surface area contributed by atoms with E-state index >= 15 is 0 Å². The van der Waals surface area contributed by atoms with Crippen molar-refractivity contribution in [1.82, 2.24) is 0 Å². The van der Waals surface area contributed by atoms with Crippen molar-refractivity contribution >= 4 is 21.6 Å². The van der Waals surface area contributed by atoms with Crippen molar-refractivity contribution in [2.75, 3.05) is 19.0 Å². The molecule has 1 aromatic rings. The van der Waals surface area contributed by atoms with Gasteiger partial charge in [-0.1, -0.05) is 15.9 Å². The maximum atomic E-state index is 5.19. The Bertz CT molecular complexity index is 263. The van der Waals surface area contributed by atoms with Crippen molar-refractivity contribution in [3.05, 3.63) is 22.7 Å². The summed E-state index contributed by atoms with van der Waals surface area (Å²) in [6.07, 6.45) is 0. The number of ether oxygens (including phenoxy) is 1. The fourth-order valence-electron chi connectivity index (χ4n) is 1.00. The van der Waals surface area contributed by atoms with Crippen LogP contribution in [0.25, 0.3) is 0 Å². The quantitative estimate of drug-likeness (QED) is 0.861. The van der Waals surface area contributed by atoms with Crippen LogP contribution < -0.4 is 10.1 Å². The van der Waals surface area contributed by atoms with Gasteiger partial charge in [0.15, 0.2) is 0 Å². The molecule has 66 valence electrons. The van der Waals surface area contributed by atoms with E-state index in [4.69, 9.17) is 4.74 Å². The molecule has 1 aromatic carbocycles. The first kappa shape index (κ1) is 9.39. The number of rotatable bonds is 3. The molecular weight excluding hydrogens is 218 g/mol. The summed E-state index contributed by atoms with van der Waals surface area (Å²) in [7, 11) is 1.67. The van der Waals surface area contributed by atoms with Crippen molar-refractivity contribution in [3.8, 4) is 5.75 Å². The summed E-state index contributed by atoms with van der Waals surface area (Å²) in [5.41, 5.74) is 1.03. The van der Waals surface area contributed by atoms with Gasteiger partial charge in [0.25, 0.3) is 0 Å². The number of methoxy groups -OCH3 is 1. The Hall–Kier alpha value is -0.700. The topological polar surface area (TPSA) is 21.3 Å². The molecule has 0 saturated heterocycles. The molecule has 0 saturated carbocycles. The van der Waals surface area contributed by atoms with Crippen LogP contribution in [-0.4, -0.2) is 13.7 Å². The van der Waals surface area contributed by atoms with Crippen molar-refractivity contribution in [1.29, 1.82) is 0 Å². The van der Waals surface area contributed by atoms with E-state index in [1.807, 2.05) is 18.2 Å². The lowest BCUT2D eigenvalue weighted by Gasteiger charge is -2.09. The van der Waals surface area contributed by atoms with Gasteiger partial charge in [0, 0.05) is 11.0 Å². The minimum Gasteiger partial charge on any atom is -0.495 e. The minimum absolute atomic E-state index is 0.867. The number of hydrogen-bond acceptors (Lipinski definition) is 2. The van der Waals surface area contributed by atoms with E-state index in [2.05, 4.69) is 28.2 Å². The van der Waals surface area contributed by atoms with Crippen molar-refractivity contribution in [2.45, 2.75) is 6.92 Å². The van der Waals surface area contributed by atoms with E-state index in [-0.39, 0.29) is 0 Å². The largest absolute Gasteiger partial charge is 0.495 e. The Morgan fingerprint density at radius 1 is 1.50 bits per heavy atom. The van der Waals surface area contributed by atoms with Gasteiger partial charge in [-0.05, 0) is 25.1 Å². The fraction of sp³-hybridized carbons (Fsp3) is 0.333. The van der Waals surface area contributed by atoms with Gasteiger partial charge in [0.1, 0.15) is 5.75 Å². The molecule has 0 fully saturated rings. The molecule has 0 bridgehead atoms. The van der Waals surface area contributed by atoms with Gasteiger partial charge >= 0.3 is 0 Å². The monoisotopic (exact) mass is 229 g/mol. The summed E-state index contributed by atoms with van der Waals surface area (Å²) in [6.45, 7) is 2.96. The van der Waals surface area contributed by atoms with Crippen molar-refractivity contribution in [3.63, 3.8) is 0 Å². The molecule has 2 nitrogen and oxygen atoms in total. The lowest BCUT2D eigenvalue weighted by atomic mass is 10.3. The van der Waals surface area contributed by atoms with Crippen molar-refractivity contribution in [2.24, 2.45) is 0 Å². The van der Waals surface area contributed by atoms with Crippen LogP contribution in [0.4, 0.5) is 5.69 Å². The molecular formula is C9H12BrNO. The average molecular weight is 230 g/mol. The van der Waals surface area contributed by atoms with E-state index in [1.54, 1.807) is 7.11 Å². The summed E-state index contributed by atoms with van der Waals surface area (Å²) in [5, 5.41) is 3.21. The number of halogens is 1. The normalized spacial score (nSPS) is 9.58. The number of nitrogens with one attached hydrogen (secondary N) is 1. The Balaban J connectivity index is 2.94. The summed E-state index contributed by atoms with van der Waals surface area (Å²) < 4.78 is 6.21. The first-order valence-corrected chi connectivity index (χ1v) is 4.64. The van der Waals surface area contributed by atoms with Crippen LogP contribution in [0, 0.1) is 0 Å². The van der Waals surface area contributed by atoms with Gasteiger partial charge in [-0.15, -0.1) is 0 Å². The number of anilines is 1. The third kappa shape index (κ3) is 2.14. The second-order valence-corrected chi connectivity index (χ2v) is 3.29. The lowest BCUT2D eigenvalue weighted by Crippen LogP contribution is -1.98. The van der Waals surface area contributed by atoms with Crippen LogP contribution >= 0.6 is 15.9 Å². The Kier molecular flexibility index (Phi) is 3.41. The summed E-state index contributed by atoms with van der Waals surface area (Å²) >= 11 is 3.38. The van der Waals surface area contributed by atoms with Crippen LogP contribution in [-0.2, 0) is 0 Å². The molecule has 0 atom stereocenters. The molecule has 3 heteroatoms. The van der Waals surface area contributed by atoms with Gasteiger partial charge < -0.3 is 10.1 Å². The SMILES string of the molecule is CCNc1ccc(Br)cc1OC. The van der Waals surface area contributed by atoms with Gasteiger partial charge in [-0.25, -0.2) is 0 Å². The lowest BCUT2D eigenvalue weighted by molar-refractivity contribution is 0.416. The zero-order valence-electron chi connectivity index (χ0n) is 7.23. The highest BCUT2D eigenvalue weighted by Gasteiger charge is 2.00. The molecule has 0 amide bonds. The molecule has 12 heavy (non-hydrogen) atoms.